The zero-order chi connectivity index (χ0) is 18.0. The van der Waals surface area contributed by atoms with E-state index in [0.717, 1.165) is 38.9 Å². The van der Waals surface area contributed by atoms with Crippen LogP contribution in [0.15, 0.2) is 42.1 Å². The SMILES string of the molecule is C=CCn1c(C)cc(C(=O)CSc2nc3ccc(OC)cc3[nH]2)c1C. The number of Topliss-reactive ketones (excluding diaryl/α,β-unsaturated/α-hetero) is 1. The third kappa shape index (κ3) is 3.49. The number of methoxy groups -OCH3 is 1. The zero-order valence-electron chi connectivity index (χ0n) is 14.6. The van der Waals surface area contributed by atoms with Gasteiger partial charge in [-0.15, -0.1) is 6.58 Å². The number of fused-ring (bicyclic) bond motifs is 1. The van der Waals surface area contributed by atoms with Crippen LogP contribution in [0.4, 0.5) is 0 Å². The van der Waals surface area contributed by atoms with E-state index >= 15 is 0 Å². The van der Waals surface area contributed by atoms with Crippen molar-refractivity contribution >= 4 is 28.6 Å². The molecule has 5 nitrogen and oxygen atoms in total. The predicted molar refractivity (Wildman–Crippen MR) is 102 cm³/mol. The van der Waals surface area contributed by atoms with Crippen molar-refractivity contribution in [2.75, 3.05) is 12.9 Å². The first-order chi connectivity index (χ1) is 12.0. The number of thioether (sulfide) groups is 1. The molecule has 0 unspecified atom stereocenters. The van der Waals surface area contributed by atoms with E-state index in [1.165, 1.54) is 11.8 Å². The second-order valence-electron chi connectivity index (χ2n) is 5.82. The Bertz CT molecular complexity index is 940. The van der Waals surface area contributed by atoms with Gasteiger partial charge in [-0.25, -0.2) is 4.98 Å². The number of nitrogens with zero attached hydrogens (tertiary/aromatic N) is 2. The molecule has 3 aromatic rings. The highest BCUT2D eigenvalue weighted by Gasteiger charge is 2.16. The Morgan fingerprint density at radius 1 is 1.40 bits per heavy atom. The fourth-order valence-corrected chi connectivity index (χ4v) is 3.63. The van der Waals surface area contributed by atoms with Crippen LogP contribution in [0, 0.1) is 13.8 Å². The highest BCUT2D eigenvalue weighted by Crippen LogP contribution is 2.24. The van der Waals surface area contributed by atoms with Crippen molar-refractivity contribution in [3.63, 3.8) is 0 Å². The highest BCUT2D eigenvalue weighted by molar-refractivity contribution is 7.99. The van der Waals surface area contributed by atoms with Gasteiger partial charge in [0.1, 0.15) is 5.75 Å². The number of rotatable bonds is 7. The van der Waals surface area contributed by atoms with Gasteiger partial charge in [0.2, 0.25) is 0 Å². The van der Waals surface area contributed by atoms with Gasteiger partial charge in [-0.05, 0) is 32.0 Å². The summed E-state index contributed by atoms with van der Waals surface area (Å²) in [4.78, 5) is 20.3. The fraction of sp³-hybridized carbons (Fsp3) is 0.263. The van der Waals surface area contributed by atoms with Crippen molar-refractivity contribution in [1.29, 1.82) is 0 Å². The second kappa shape index (κ2) is 7.19. The number of aromatic nitrogens is 3. The molecule has 0 fully saturated rings. The normalized spacial score (nSPS) is 11.0. The third-order valence-corrected chi connectivity index (χ3v) is 5.07. The Labute approximate surface area is 151 Å². The van der Waals surface area contributed by atoms with Gasteiger partial charge in [-0.3, -0.25) is 4.79 Å². The Kier molecular flexibility index (Phi) is 4.99. The van der Waals surface area contributed by atoms with Crippen LogP contribution >= 0.6 is 11.8 Å². The van der Waals surface area contributed by atoms with Crippen molar-refractivity contribution in [2.45, 2.75) is 25.5 Å². The lowest BCUT2D eigenvalue weighted by atomic mass is 10.2. The number of hydrogen-bond acceptors (Lipinski definition) is 4. The van der Waals surface area contributed by atoms with Gasteiger partial charge in [0.25, 0.3) is 0 Å². The number of nitrogens with one attached hydrogen (secondary N) is 1. The number of ketones is 1. The van der Waals surface area contributed by atoms with E-state index < -0.39 is 0 Å². The van der Waals surface area contributed by atoms with E-state index in [1.54, 1.807) is 7.11 Å². The van der Waals surface area contributed by atoms with E-state index in [0.29, 0.717) is 12.3 Å². The molecule has 130 valence electrons. The lowest BCUT2D eigenvalue weighted by Gasteiger charge is -2.06. The average molecular weight is 355 g/mol. The molecule has 1 N–H and O–H groups in total. The average Bonchev–Trinajstić information content (AvgIpc) is 3.14. The molecule has 6 heteroatoms. The Balaban J connectivity index is 1.74. The number of carbonyl (C=O) groups excluding carboxylic acids is 1. The molecule has 25 heavy (non-hydrogen) atoms. The van der Waals surface area contributed by atoms with Gasteiger partial charge < -0.3 is 14.3 Å². The summed E-state index contributed by atoms with van der Waals surface area (Å²) in [5.41, 5.74) is 4.59. The molecule has 0 radical (unpaired) electrons. The summed E-state index contributed by atoms with van der Waals surface area (Å²) in [6, 6.07) is 7.62. The smallest absolute Gasteiger partial charge is 0.175 e. The third-order valence-electron chi connectivity index (χ3n) is 4.19. The van der Waals surface area contributed by atoms with E-state index in [-0.39, 0.29) is 5.78 Å². The van der Waals surface area contributed by atoms with Gasteiger partial charge in [-0.2, -0.15) is 0 Å². The number of H-pyrrole nitrogens is 1. The maximum Gasteiger partial charge on any atom is 0.175 e. The number of imidazole rings is 1. The molecule has 0 amide bonds. The van der Waals surface area contributed by atoms with Crippen molar-refractivity contribution < 1.29 is 9.53 Å². The topological polar surface area (TPSA) is 59.9 Å². The fourth-order valence-electron chi connectivity index (χ4n) is 2.87. The first-order valence-electron chi connectivity index (χ1n) is 8.01. The molecule has 0 aliphatic heterocycles. The molecular formula is C19H21N3O2S. The number of aromatic amines is 1. The Morgan fingerprint density at radius 2 is 2.20 bits per heavy atom. The number of allylic oxidation sites excluding steroid dienone is 1. The van der Waals surface area contributed by atoms with Crippen molar-refractivity contribution in [1.82, 2.24) is 14.5 Å². The molecule has 0 saturated carbocycles. The van der Waals surface area contributed by atoms with E-state index in [4.69, 9.17) is 4.74 Å². The van der Waals surface area contributed by atoms with Crippen LogP contribution in [-0.4, -0.2) is 33.2 Å². The molecular weight excluding hydrogens is 334 g/mol. The van der Waals surface area contributed by atoms with E-state index in [9.17, 15) is 4.79 Å². The molecule has 0 aliphatic carbocycles. The van der Waals surface area contributed by atoms with Crippen molar-refractivity contribution in [3.05, 3.63) is 53.9 Å². The van der Waals surface area contributed by atoms with Gasteiger partial charge >= 0.3 is 0 Å². The minimum atomic E-state index is 0.103. The van der Waals surface area contributed by atoms with Gasteiger partial charge in [0.05, 0.1) is 23.9 Å². The zero-order valence-corrected chi connectivity index (χ0v) is 15.4. The van der Waals surface area contributed by atoms with Crippen LogP contribution in [-0.2, 0) is 6.54 Å². The summed E-state index contributed by atoms with van der Waals surface area (Å²) in [7, 11) is 1.63. The quantitative estimate of drug-likeness (QED) is 0.393. The van der Waals surface area contributed by atoms with Crippen molar-refractivity contribution in [3.8, 4) is 5.75 Å². The standard InChI is InChI=1S/C19H21N3O2S/c1-5-8-22-12(2)9-15(13(22)3)18(23)11-25-19-20-16-7-6-14(24-4)10-17(16)21-19/h5-7,9-10H,1,8,11H2,2-4H3,(H,20,21). The van der Waals surface area contributed by atoms with Crippen molar-refractivity contribution in [2.24, 2.45) is 0 Å². The molecule has 3 rings (SSSR count). The van der Waals surface area contributed by atoms with Crippen LogP contribution in [0.1, 0.15) is 21.7 Å². The number of ether oxygens (including phenoxy) is 1. The monoisotopic (exact) mass is 355 g/mol. The molecule has 0 atom stereocenters. The minimum Gasteiger partial charge on any atom is -0.497 e. The summed E-state index contributed by atoms with van der Waals surface area (Å²) >= 11 is 1.41. The molecule has 0 bridgehead atoms. The van der Waals surface area contributed by atoms with Crippen LogP contribution < -0.4 is 4.74 Å². The van der Waals surface area contributed by atoms with Crippen LogP contribution in [0.2, 0.25) is 0 Å². The summed E-state index contributed by atoms with van der Waals surface area (Å²) < 4.78 is 7.31. The lowest BCUT2D eigenvalue weighted by molar-refractivity contribution is 0.102. The van der Waals surface area contributed by atoms with E-state index in [1.807, 2.05) is 44.2 Å². The highest BCUT2D eigenvalue weighted by atomic mass is 32.2. The number of hydrogen-bond donors (Lipinski definition) is 1. The first kappa shape index (κ1) is 17.4. The molecule has 2 aromatic heterocycles. The number of carbonyl (C=O) groups is 1. The predicted octanol–water partition coefficient (Wildman–Crippen LogP) is 4.15. The minimum absolute atomic E-state index is 0.103. The summed E-state index contributed by atoms with van der Waals surface area (Å²) in [5, 5.41) is 0.733. The molecule has 0 spiro atoms. The molecule has 2 heterocycles. The molecule has 0 saturated heterocycles. The summed E-state index contributed by atoms with van der Waals surface area (Å²) in [6.07, 6.45) is 1.84. The lowest BCUT2D eigenvalue weighted by Crippen LogP contribution is -2.06. The number of aryl methyl sites for hydroxylation is 1. The Morgan fingerprint density at radius 3 is 2.92 bits per heavy atom. The van der Waals surface area contributed by atoms with Gasteiger partial charge in [-0.1, -0.05) is 17.8 Å². The van der Waals surface area contributed by atoms with Crippen LogP contribution in [0.25, 0.3) is 11.0 Å². The van der Waals surface area contributed by atoms with Gasteiger partial charge in [0, 0.05) is 29.6 Å². The second-order valence-corrected chi connectivity index (χ2v) is 6.79. The maximum absolute atomic E-state index is 12.6. The Hall–Kier alpha value is -2.47. The van der Waals surface area contributed by atoms with Gasteiger partial charge in [0.15, 0.2) is 10.9 Å². The molecule has 0 aliphatic rings. The number of benzene rings is 1. The van der Waals surface area contributed by atoms with Crippen LogP contribution in [0.3, 0.4) is 0 Å². The largest absolute Gasteiger partial charge is 0.497 e. The summed E-state index contributed by atoms with van der Waals surface area (Å²) in [5.74, 6) is 1.22. The van der Waals surface area contributed by atoms with E-state index in [2.05, 4.69) is 21.1 Å². The molecule has 1 aromatic carbocycles. The summed E-state index contributed by atoms with van der Waals surface area (Å²) in [6.45, 7) is 8.46. The first-order valence-corrected chi connectivity index (χ1v) is 8.99. The van der Waals surface area contributed by atoms with Crippen LogP contribution in [0.5, 0.6) is 5.75 Å². The maximum atomic E-state index is 12.6.